The van der Waals surface area contributed by atoms with Crippen LogP contribution in [-0.4, -0.2) is 43.9 Å². The second-order valence-corrected chi connectivity index (χ2v) is 4.66. The van der Waals surface area contributed by atoms with Gasteiger partial charge in [-0.3, -0.25) is 0 Å². The number of likely N-dealkylation sites (N-methyl/N-ethyl adjacent to an activating group) is 1. The molecular weight excluding hydrogens is 252 g/mol. The number of thiazole rings is 1. The molecule has 1 heterocycles. The molecule has 0 N–H and O–H groups in total. The van der Waals surface area contributed by atoms with Crippen molar-refractivity contribution in [2.75, 3.05) is 31.8 Å². The summed E-state index contributed by atoms with van der Waals surface area (Å²) in [6.07, 6.45) is 0. The Hall–Kier alpha value is -1.14. The molecule has 0 amide bonds. The normalized spacial score (nSPS) is 12.2. The average Bonchev–Trinajstić information content (AvgIpc) is 2.80. The van der Waals surface area contributed by atoms with Gasteiger partial charge in [-0.15, -0.1) is 11.3 Å². The van der Waals surface area contributed by atoms with Gasteiger partial charge in [0.15, 0.2) is 10.8 Å². The molecule has 102 valence electrons. The van der Waals surface area contributed by atoms with Crippen molar-refractivity contribution < 1.29 is 14.3 Å². The zero-order chi connectivity index (χ0) is 13.5. The van der Waals surface area contributed by atoms with E-state index in [9.17, 15) is 4.79 Å². The van der Waals surface area contributed by atoms with Crippen molar-refractivity contribution in [3.63, 3.8) is 0 Å². The minimum absolute atomic E-state index is 0.223. The van der Waals surface area contributed by atoms with Gasteiger partial charge in [-0.25, -0.2) is 9.78 Å². The molecule has 6 heteroatoms. The highest BCUT2D eigenvalue weighted by Crippen LogP contribution is 2.22. The highest BCUT2D eigenvalue weighted by molar-refractivity contribution is 7.13. The predicted octanol–water partition coefficient (Wildman–Crippen LogP) is 2.18. The fraction of sp³-hybridized carbons (Fsp3) is 0.667. The lowest BCUT2D eigenvalue weighted by molar-refractivity contribution is 0.0520. The van der Waals surface area contributed by atoms with Crippen molar-refractivity contribution in [3.05, 3.63) is 11.1 Å². The number of carbonyl (C=O) groups is 1. The van der Waals surface area contributed by atoms with Crippen LogP contribution in [0, 0.1) is 0 Å². The number of rotatable bonds is 7. The summed E-state index contributed by atoms with van der Waals surface area (Å²) in [7, 11) is 1.68. The first kappa shape index (κ1) is 14.9. The molecule has 0 radical (unpaired) electrons. The van der Waals surface area contributed by atoms with Gasteiger partial charge in [-0.1, -0.05) is 0 Å². The number of anilines is 1. The van der Waals surface area contributed by atoms with Crippen molar-refractivity contribution in [1.29, 1.82) is 0 Å². The molecule has 0 saturated carbocycles. The van der Waals surface area contributed by atoms with E-state index < -0.39 is 0 Å². The molecule has 0 aliphatic carbocycles. The average molecular weight is 272 g/mol. The number of methoxy groups -OCH3 is 1. The number of carbonyl (C=O) groups excluding carboxylic acids is 1. The minimum atomic E-state index is -0.365. The van der Waals surface area contributed by atoms with Gasteiger partial charge in [0.25, 0.3) is 0 Å². The van der Waals surface area contributed by atoms with Crippen LogP contribution in [0.5, 0.6) is 0 Å². The molecule has 1 aromatic rings. The molecule has 0 spiro atoms. The van der Waals surface area contributed by atoms with E-state index in [0.29, 0.717) is 18.9 Å². The topological polar surface area (TPSA) is 51.7 Å². The van der Waals surface area contributed by atoms with Crippen LogP contribution >= 0.6 is 11.3 Å². The van der Waals surface area contributed by atoms with E-state index in [4.69, 9.17) is 9.47 Å². The number of esters is 1. The van der Waals surface area contributed by atoms with Crippen LogP contribution in [0.4, 0.5) is 5.13 Å². The van der Waals surface area contributed by atoms with Gasteiger partial charge in [0, 0.05) is 19.0 Å². The Morgan fingerprint density at radius 3 is 2.83 bits per heavy atom. The van der Waals surface area contributed by atoms with Crippen LogP contribution in [0.25, 0.3) is 0 Å². The number of hydrogen-bond acceptors (Lipinski definition) is 6. The first-order valence-electron chi connectivity index (χ1n) is 6.02. The maximum Gasteiger partial charge on any atom is 0.357 e. The molecule has 0 fully saturated rings. The summed E-state index contributed by atoms with van der Waals surface area (Å²) >= 11 is 1.45. The first-order chi connectivity index (χ1) is 8.63. The van der Waals surface area contributed by atoms with E-state index in [1.54, 1.807) is 19.4 Å². The van der Waals surface area contributed by atoms with E-state index >= 15 is 0 Å². The number of nitrogens with zero attached hydrogens (tertiary/aromatic N) is 2. The summed E-state index contributed by atoms with van der Waals surface area (Å²) in [6, 6.07) is 0.223. The molecule has 1 atom stereocenters. The molecule has 1 aromatic heterocycles. The molecule has 1 unspecified atom stereocenters. The summed E-state index contributed by atoms with van der Waals surface area (Å²) < 4.78 is 10.1. The van der Waals surface area contributed by atoms with Crippen LogP contribution in [0.1, 0.15) is 31.3 Å². The highest BCUT2D eigenvalue weighted by atomic mass is 32.1. The van der Waals surface area contributed by atoms with E-state index in [0.717, 1.165) is 11.7 Å². The summed E-state index contributed by atoms with van der Waals surface area (Å²) in [6.45, 7) is 7.71. The smallest absolute Gasteiger partial charge is 0.357 e. The number of hydrogen-bond donors (Lipinski definition) is 0. The lowest BCUT2D eigenvalue weighted by Gasteiger charge is -2.26. The summed E-state index contributed by atoms with van der Waals surface area (Å²) in [4.78, 5) is 18.0. The van der Waals surface area contributed by atoms with Gasteiger partial charge in [-0.05, 0) is 20.8 Å². The fourth-order valence-corrected chi connectivity index (χ4v) is 2.62. The summed E-state index contributed by atoms with van der Waals surface area (Å²) in [5.74, 6) is -0.365. The number of ether oxygens (including phenoxy) is 2. The van der Waals surface area contributed by atoms with Crippen LogP contribution in [0.3, 0.4) is 0 Å². The molecular formula is C12H20N2O3S. The zero-order valence-electron chi connectivity index (χ0n) is 11.3. The van der Waals surface area contributed by atoms with Crippen molar-refractivity contribution in [3.8, 4) is 0 Å². The van der Waals surface area contributed by atoms with E-state index in [2.05, 4.69) is 23.7 Å². The molecule has 0 aliphatic rings. The van der Waals surface area contributed by atoms with Crippen LogP contribution < -0.4 is 4.90 Å². The quantitative estimate of drug-likeness (QED) is 0.712. The predicted molar refractivity (Wildman–Crippen MR) is 72.4 cm³/mol. The third-order valence-corrected chi connectivity index (χ3v) is 3.38. The fourth-order valence-electron chi connectivity index (χ4n) is 1.66. The van der Waals surface area contributed by atoms with Crippen molar-refractivity contribution in [1.82, 2.24) is 4.98 Å². The maximum atomic E-state index is 11.5. The second kappa shape index (κ2) is 7.33. The minimum Gasteiger partial charge on any atom is -0.461 e. The van der Waals surface area contributed by atoms with E-state index in [1.807, 2.05) is 0 Å². The van der Waals surface area contributed by atoms with Crippen LogP contribution in [0.15, 0.2) is 5.38 Å². The largest absolute Gasteiger partial charge is 0.461 e. The van der Waals surface area contributed by atoms with Crippen molar-refractivity contribution in [2.24, 2.45) is 0 Å². The Labute approximate surface area is 112 Å². The second-order valence-electron chi connectivity index (χ2n) is 3.83. The van der Waals surface area contributed by atoms with Gasteiger partial charge >= 0.3 is 5.97 Å². The van der Waals surface area contributed by atoms with Gasteiger partial charge in [-0.2, -0.15) is 0 Å². The molecule has 0 saturated heterocycles. The van der Waals surface area contributed by atoms with Gasteiger partial charge in [0.1, 0.15) is 0 Å². The van der Waals surface area contributed by atoms with Gasteiger partial charge < -0.3 is 14.4 Å². The zero-order valence-corrected chi connectivity index (χ0v) is 12.1. The Morgan fingerprint density at radius 1 is 1.56 bits per heavy atom. The molecule has 0 aromatic carbocycles. The Balaban J connectivity index is 2.79. The lowest BCUT2D eigenvalue weighted by Crippen LogP contribution is -2.36. The summed E-state index contributed by atoms with van der Waals surface area (Å²) in [5.41, 5.74) is 0.375. The Kier molecular flexibility index (Phi) is 6.07. The monoisotopic (exact) mass is 272 g/mol. The van der Waals surface area contributed by atoms with Crippen LogP contribution in [-0.2, 0) is 9.47 Å². The Morgan fingerprint density at radius 2 is 2.28 bits per heavy atom. The van der Waals surface area contributed by atoms with Gasteiger partial charge in [0.2, 0.25) is 0 Å². The molecule has 0 aliphatic heterocycles. The standard InChI is InChI=1S/C12H20N2O3S/c1-5-14(9(3)7-16-4)12-13-10(8-18-12)11(15)17-6-2/h8-9H,5-7H2,1-4H3. The van der Waals surface area contributed by atoms with Crippen molar-refractivity contribution >= 4 is 22.4 Å². The Bertz CT molecular complexity index is 381. The van der Waals surface area contributed by atoms with Crippen molar-refractivity contribution in [2.45, 2.75) is 26.8 Å². The van der Waals surface area contributed by atoms with Gasteiger partial charge in [0.05, 0.1) is 19.3 Å². The third kappa shape index (κ3) is 3.68. The third-order valence-electron chi connectivity index (χ3n) is 2.50. The first-order valence-corrected chi connectivity index (χ1v) is 6.90. The SMILES string of the molecule is CCOC(=O)c1csc(N(CC)C(C)COC)n1. The maximum absolute atomic E-state index is 11.5. The molecule has 5 nitrogen and oxygen atoms in total. The molecule has 1 rings (SSSR count). The molecule has 18 heavy (non-hydrogen) atoms. The number of aromatic nitrogens is 1. The van der Waals surface area contributed by atoms with E-state index in [1.165, 1.54) is 11.3 Å². The lowest BCUT2D eigenvalue weighted by atomic mass is 10.3. The van der Waals surface area contributed by atoms with E-state index in [-0.39, 0.29) is 12.0 Å². The van der Waals surface area contributed by atoms with Crippen LogP contribution in [0.2, 0.25) is 0 Å². The highest BCUT2D eigenvalue weighted by Gasteiger charge is 2.18. The summed E-state index contributed by atoms with van der Waals surface area (Å²) in [5, 5.41) is 2.56. The molecule has 0 bridgehead atoms.